The SMILES string of the molecule is CCOC(=O)C1CCN(c2cnc(-c3nc4nc(-c5cnc(C(F)(F)F)c(C6CC6)c5)cc(N(C)CC5(COC)CCCCC5)c4[nH]3)cn2)CC1. The number of nitrogens with one attached hydrogen (secondary N) is 1. The Morgan fingerprint density at radius 3 is 2.41 bits per heavy atom. The van der Waals surface area contributed by atoms with Crippen LogP contribution in [0.25, 0.3) is 33.9 Å². The molecule has 0 bridgehead atoms. The van der Waals surface area contributed by atoms with Crippen LogP contribution in [-0.4, -0.2) is 82.9 Å². The largest absolute Gasteiger partial charge is 0.466 e. The summed E-state index contributed by atoms with van der Waals surface area (Å²) < 4.78 is 52.6. The van der Waals surface area contributed by atoms with Gasteiger partial charge in [-0.1, -0.05) is 19.3 Å². The number of anilines is 2. The summed E-state index contributed by atoms with van der Waals surface area (Å²) in [5, 5.41) is 0. The summed E-state index contributed by atoms with van der Waals surface area (Å²) in [6.45, 7) is 4.92. The second kappa shape index (κ2) is 14.4. The van der Waals surface area contributed by atoms with Crippen LogP contribution in [0.1, 0.15) is 81.9 Å². The number of ether oxygens (including phenoxy) is 2. The monoisotopic (exact) mass is 706 g/mol. The second-order valence-corrected chi connectivity index (χ2v) is 14.4. The Morgan fingerprint density at radius 2 is 1.76 bits per heavy atom. The maximum absolute atomic E-state index is 13.9. The van der Waals surface area contributed by atoms with Crippen LogP contribution in [0.3, 0.4) is 0 Å². The number of carbonyl (C=O) groups is 1. The Kier molecular flexibility index (Phi) is 9.88. The van der Waals surface area contributed by atoms with Crippen molar-refractivity contribution in [3.05, 3.63) is 42.0 Å². The number of halogens is 3. The number of hydrogen-bond acceptors (Lipinski definition) is 10. The minimum Gasteiger partial charge on any atom is -0.466 e. The third kappa shape index (κ3) is 7.51. The number of alkyl halides is 3. The second-order valence-electron chi connectivity index (χ2n) is 14.4. The molecule has 4 aromatic heterocycles. The molecule has 3 fully saturated rings. The molecule has 3 aliphatic rings. The Morgan fingerprint density at radius 1 is 1.00 bits per heavy atom. The third-order valence-corrected chi connectivity index (χ3v) is 10.6. The van der Waals surface area contributed by atoms with Crippen LogP contribution in [0.2, 0.25) is 0 Å². The van der Waals surface area contributed by atoms with Gasteiger partial charge in [-0.15, -0.1) is 0 Å². The fourth-order valence-corrected chi connectivity index (χ4v) is 7.86. The van der Waals surface area contributed by atoms with Gasteiger partial charge in [0.05, 0.1) is 42.9 Å². The number of hydrogen-bond donors (Lipinski definition) is 1. The molecule has 14 heteroatoms. The predicted octanol–water partition coefficient (Wildman–Crippen LogP) is 7.19. The summed E-state index contributed by atoms with van der Waals surface area (Å²) in [7, 11) is 3.78. The number of esters is 1. The molecule has 5 heterocycles. The number of carbonyl (C=O) groups excluding carboxylic acids is 1. The van der Waals surface area contributed by atoms with Crippen LogP contribution in [0.5, 0.6) is 0 Å². The smallest absolute Gasteiger partial charge is 0.433 e. The summed E-state index contributed by atoms with van der Waals surface area (Å²) in [4.78, 5) is 42.9. The van der Waals surface area contributed by atoms with E-state index in [4.69, 9.17) is 24.4 Å². The molecule has 2 saturated carbocycles. The van der Waals surface area contributed by atoms with Crippen molar-refractivity contribution in [2.75, 3.05) is 56.8 Å². The highest BCUT2D eigenvalue weighted by Gasteiger charge is 2.40. The first kappa shape index (κ1) is 35.1. The van der Waals surface area contributed by atoms with Crippen LogP contribution < -0.4 is 9.80 Å². The van der Waals surface area contributed by atoms with Gasteiger partial charge in [0.2, 0.25) is 0 Å². The number of rotatable bonds is 11. The van der Waals surface area contributed by atoms with Crippen molar-refractivity contribution >= 4 is 28.6 Å². The summed E-state index contributed by atoms with van der Waals surface area (Å²) >= 11 is 0. The number of H-pyrrole nitrogens is 1. The normalized spacial score (nSPS) is 18.3. The van der Waals surface area contributed by atoms with Gasteiger partial charge in [-0.25, -0.2) is 19.9 Å². The standard InChI is InChI=1S/C37H45F3N8O3/c1-4-51-35(49)24-10-14-48(15-11-24)30-20-41-28(19-42-30)33-45-31-29(47(2)21-36(22-50-3)12-6-5-7-13-36)17-27(44-34(31)46-33)25-16-26(23-8-9-23)32(43-18-25)37(38,39)40/h16-20,23-24H,4-15,21-22H2,1-3H3,(H,44,45,46). The highest BCUT2D eigenvalue weighted by atomic mass is 19.4. The van der Waals surface area contributed by atoms with Crippen molar-refractivity contribution in [3.8, 4) is 22.8 Å². The predicted molar refractivity (Wildman–Crippen MR) is 187 cm³/mol. The first-order chi connectivity index (χ1) is 24.6. The van der Waals surface area contributed by atoms with Gasteiger partial charge >= 0.3 is 12.1 Å². The van der Waals surface area contributed by atoms with Crippen LogP contribution in [0, 0.1) is 11.3 Å². The zero-order valence-corrected chi connectivity index (χ0v) is 29.4. The number of methoxy groups -OCH3 is 1. The fourth-order valence-electron chi connectivity index (χ4n) is 7.86. The van der Waals surface area contributed by atoms with Gasteiger partial charge in [-0.2, -0.15) is 13.2 Å². The number of imidazole rings is 1. The lowest BCUT2D eigenvalue weighted by molar-refractivity contribution is -0.148. The molecule has 1 N–H and O–H groups in total. The average molecular weight is 707 g/mol. The van der Waals surface area contributed by atoms with Gasteiger partial charge in [-0.05, 0) is 69.1 Å². The van der Waals surface area contributed by atoms with Gasteiger partial charge in [0.25, 0.3) is 0 Å². The van der Waals surface area contributed by atoms with Crippen LogP contribution in [0.15, 0.2) is 30.7 Å². The summed E-state index contributed by atoms with van der Waals surface area (Å²) in [6.07, 6.45) is 8.53. The number of piperidine rings is 1. The molecular formula is C37H45F3N8O3. The number of fused-ring (bicyclic) bond motifs is 1. The number of aromatic nitrogens is 6. The molecule has 0 atom stereocenters. The van der Waals surface area contributed by atoms with E-state index in [1.165, 1.54) is 12.6 Å². The van der Waals surface area contributed by atoms with Gasteiger partial charge in [-0.3, -0.25) is 9.78 Å². The highest BCUT2D eigenvalue weighted by molar-refractivity contribution is 5.91. The molecule has 272 valence electrons. The maximum Gasteiger partial charge on any atom is 0.433 e. The van der Waals surface area contributed by atoms with E-state index in [-0.39, 0.29) is 28.8 Å². The molecule has 11 nitrogen and oxygen atoms in total. The van der Waals surface area contributed by atoms with E-state index in [2.05, 4.69) is 24.8 Å². The van der Waals surface area contributed by atoms with Crippen LogP contribution in [0.4, 0.5) is 24.7 Å². The maximum atomic E-state index is 13.9. The van der Waals surface area contributed by atoms with Crippen molar-refractivity contribution in [2.45, 2.75) is 76.8 Å². The molecule has 0 spiro atoms. The molecule has 0 amide bonds. The average Bonchev–Trinajstić information content (AvgIpc) is 3.89. The van der Waals surface area contributed by atoms with Crippen molar-refractivity contribution in [1.29, 1.82) is 0 Å². The van der Waals surface area contributed by atoms with E-state index < -0.39 is 11.9 Å². The van der Waals surface area contributed by atoms with E-state index in [0.29, 0.717) is 85.9 Å². The van der Waals surface area contributed by atoms with E-state index in [9.17, 15) is 18.0 Å². The Hall–Kier alpha value is -4.33. The van der Waals surface area contributed by atoms with E-state index in [0.717, 1.165) is 43.7 Å². The van der Waals surface area contributed by atoms with E-state index in [1.54, 1.807) is 25.6 Å². The zero-order valence-electron chi connectivity index (χ0n) is 29.4. The minimum atomic E-state index is -4.53. The first-order valence-corrected chi connectivity index (χ1v) is 18.0. The Balaban J connectivity index is 1.22. The van der Waals surface area contributed by atoms with Crippen LogP contribution in [-0.2, 0) is 20.4 Å². The Bertz CT molecular complexity index is 1840. The number of nitrogens with zero attached hydrogens (tertiary/aromatic N) is 7. The molecule has 1 aliphatic heterocycles. The molecule has 0 aromatic carbocycles. The van der Waals surface area contributed by atoms with Crippen molar-refractivity contribution in [3.63, 3.8) is 0 Å². The zero-order chi connectivity index (χ0) is 35.8. The lowest BCUT2D eigenvalue weighted by Gasteiger charge is -2.40. The summed E-state index contributed by atoms with van der Waals surface area (Å²) in [5.41, 5.74) is 2.89. The topological polar surface area (TPSA) is 122 Å². The van der Waals surface area contributed by atoms with Crippen molar-refractivity contribution < 1.29 is 27.4 Å². The van der Waals surface area contributed by atoms with Crippen molar-refractivity contribution in [1.82, 2.24) is 29.9 Å². The lowest BCUT2D eigenvalue weighted by atomic mass is 9.74. The summed E-state index contributed by atoms with van der Waals surface area (Å²) in [6, 6.07) is 3.52. The quantitative estimate of drug-likeness (QED) is 0.161. The molecule has 4 aromatic rings. The molecule has 1 saturated heterocycles. The fraction of sp³-hybridized carbons (Fsp3) is 0.568. The summed E-state index contributed by atoms with van der Waals surface area (Å²) in [5.74, 6) is 0.807. The third-order valence-electron chi connectivity index (χ3n) is 10.6. The molecule has 7 rings (SSSR count). The van der Waals surface area contributed by atoms with E-state index >= 15 is 0 Å². The molecular weight excluding hydrogens is 661 g/mol. The molecule has 51 heavy (non-hydrogen) atoms. The van der Waals surface area contributed by atoms with Gasteiger partial charge in [0.1, 0.15) is 22.7 Å². The Labute approximate surface area is 295 Å². The number of pyridine rings is 2. The molecule has 2 aliphatic carbocycles. The lowest BCUT2D eigenvalue weighted by Crippen LogP contribution is -2.40. The minimum absolute atomic E-state index is 0.0263. The first-order valence-electron chi connectivity index (χ1n) is 18.0. The van der Waals surface area contributed by atoms with Gasteiger partial charge in [0, 0.05) is 51.0 Å². The number of aromatic amines is 1. The van der Waals surface area contributed by atoms with Crippen molar-refractivity contribution in [2.24, 2.45) is 11.3 Å². The molecule has 0 radical (unpaired) electrons. The van der Waals surface area contributed by atoms with Gasteiger partial charge in [0.15, 0.2) is 11.5 Å². The highest BCUT2D eigenvalue weighted by Crippen LogP contribution is 2.46. The van der Waals surface area contributed by atoms with Gasteiger partial charge < -0.3 is 24.3 Å². The van der Waals surface area contributed by atoms with Crippen LogP contribution >= 0.6 is 0 Å². The van der Waals surface area contributed by atoms with E-state index in [1.807, 2.05) is 20.0 Å². The molecule has 0 unspecified atom stereocenters.